The van der Waals surface area contributed by atoms with Gasteiger partial charge in [-0.05, 0) is 47.5 Å². The molecule has 164 valence electrons. The fourth-order valence-corrected chi connectivity index (χ4v) is 3.31. The lowest BCUT2D eigenvalue weighted by molar-refractivity contribution is 0.0883. The minimum absolute atomic E-state index is 0.279. The van der Waals surface area contributed by atoms with E-state index in [4.69, 9.17) is 4.74 Å². The molecule has 0 radical (unpaired) electrons. The highest BCUT2D eigenvalue weighted by Gasteiger charge is 2.19. The van der Waals surface area contributed by atoms with Crippen molar-refractivity contribution >= 4 is 11.8 Å². The highest BCUT2D eigenvalue weighted by molar-refractivity contribution is 5.96. The van der Waals surface area contributed by atoms with Crippen molar-refractivity contribution in [2.24, 2.45) is 0 Å². The predicted octanol–water partition coefficient (Wildman–Crippen LogP) is 5.12. The average molecular weight is 437 g/mol. The fourth-order valence-electron chi connectivity index (χ4n) is 3.31. The van der Waals surface area contributed by atoms with E-state index in [0.717, 1.165) is 11.1 Å². The second-order valence-electron chi connectivity index (χ2n) is 7.46. The van der Waals surface area contributed by atoms with Gasteiger partial charge in [0.25, 0.3) is 11.8 Å². The average Bonchev–Trinajstić information content (AvgIpc) is 2.89. The molecule has 0 aliphatic carbocycles. The summed E-state index contributed by atoms with van der Waals surface area (Å²) in [7, 11) is 0. The molecule has 0 saturated carbocycles. The molecule has 0 heterocycles. The van der Waals surface area contributed by atoms with Crippen LogP contribution in [0.4, 0.5) is 0 Å². The van der Waals surface area contributed by atoms with Crippen molar-refractivity contribution in [1.82, 2.24) is 10.6 Å². The van der Waals surface area contributed by atoms with Crippen LogP contribution in [0.15, 0.2) is 115 Å². The maximum atomic E-state index is 12.8. The van der Waals surface area contributed by atoms with E-state index < -0.39 is 6.17 Å². The molecule has 2 amide bonds. The number of benzene rings is 4. The Kier molecular flexibility index (Phi) is 7.13. The molecule has 0 bridgehead atoms. The lowest BCUT2D eigenvalue weighted by Gasteiger charge is -2.21. The number of hydrogen-bond donors (Lipinski definition) is 2. The van der Waals surface area contributed by atoms with Crippen LogP contribution in [-0.2, 0) is 6.61 Å². The van der Waals surface area contributed by atoms with Crippen molar-refractivity contribution in [3.8, 4) is 5.75 Å². The summed E-state index contributed by atoms with van der Waals surface area (Å²) in [5, 5.41) is 5.83. The molecule has 0 fully saturated rings. The van der Waals surface area contributed by atoms with Crippen LogP contribution in [0.3, 0.4) is 0 Å². The Morgan fingerprint density at radius 3 is 1.55 bits per heavy atom. The van der Waals surface area contributed by atoms with Gasteiger partial charge >= 0.3 is 0 Å². The van der Waals surface area contributed by atoms with Gasteiger partial charge in [-0.1, -0.05) is 78.9 Å². The van der Waals surface area contributed by atoms with Gasteiger partial charge in [0, 0.05) is 11.1 Å². The maximum absolute atomic E-state index is 12.8. The topological polar surface area (TPSA) is 67.4 Å². The third-order valence-electron chi connectivity index (χ3n) is 5.08. The summed E-state index contributed by atoms with van der Waals surface area (Å²) >= 11 is 0. The molecule has 0 unspecified atom stereocenters. The molecule has 5 nitrogen and oxygen atoms in total. The van der Waals surface area contributed by atoms with Crippen molar-refractivity contribution in [3.63, 3.8) is 0 Å². The third-order valence-corrected chi connectivity index (χ3v) is 5.08. The Hall–Kier alpha value is -4.38. The number of carbonyl (C=O) groups is 2. The molecule has 0 saturated heterocycles. The van der Waals surface area contributed by atoms with Crippen LogP contribution in [0.25, 0.3) is 0 Å². The van der Waals surface area contributed by atoms with E-state index in [0.29, 0.717) is 23.5 Å². The predicted molar refractivity (Wildman–Crippen MR) is 128 cm³/mol. The first kappa shape index (κ1) is 21.8. The first-order chi connectivity index (χ1) is 16.2. The van der Waals surface area contributed by atoms with Gasteiger partial charge in [0.2, 0.25) is 0 Å². The molecule has 4 aromatic rings. The summed E-state index contributed by atoms with van der Waals surface area (Å²) in [4.78, 5) is 25.6. The van der Waals surface area contributed by atoms with Gasteiger partial charge in [-0.15, -0.1) is 0 Å². The Labute approximate surface area is 193 Å². The van der Waals surface area contributed by atoms with Crippen LogP contribution < -0.4 is 15.4 Å². The van der Waals surface area contributed by atoms with E-state index in [-0.39, 0.29) is 11.8 Å². The highest BCUT2D eigenvalue weighted by Crippen LogP contribution is 2.19. The molecule has 0 spiro atoms. The number of carbonyl (C=O) groups excluding carboxylic acids is 2. The van der Waals surface area contributed by atoms with Crippen LogP contribution in [0.2, 0.25) is 0 Å². The molecule has 4 rings (SSSR count). The first-order valence-electron chi connectivity index (χ1n) is 10.7. The van der Waals surface area contributed by atoms with Gasteiger partial charge < -0.3 is 15.4 Å². The van der Waals surface area contributed by atoms with Crippen LogP contribution in [0.1, 0.15) is 38.0 Å². The standard InChI is InChI=1S/C28H24N2O3/c31-27(23-12-6-2-7-13-23)29-26(30-28(32)24-14-8-3-9-15-24)22-16-18-25(19-17-22)33-20-21-10-4-1-5-11-21/h1-19,26H,20H2,(H,29,31)(H,30,32). The quantitative estimate of drug-likeness (QED) is 0.377. The molecule has 33 heavy (non-hydrogen) atoms. The van der Waals surface area contributed by atoms with Crippen LogP contribution in [-0.4, -0.2) is 11.8 Å². The summed E-state index contributed by atoms with van der Waals surface area (Å²) in [6.07, 6.45) is -0.714. The smallest absolute Gasteiger partial charge is 0.253 e. The van der Waals surface area contributed by atoms with Crippen molar-refractivity contribution in [2.45, 2.75) is 12.8 Å². The van der Waals surface area contributed by atoms with Gasteiger partial charge in [-0.2, -0.15) is 0 Å². The van der Waals surface area contributed by atoms with Gasteiger partial charge in [0.15, 0.2) is 0 Å². The monoisotopic (exact) mass is 436 g/mol. The van der Waals surface area contributed by atoms with Crippen LogP contribution in [0.5, 0.6) is 5.75 Å². The normalized spacial score (nSPS) is 10.5. The van der Waals surface area contributed by atoms with Gasteiger partial charge in [0.1, 0.15) is 18.5 Å². The summed E-state index contributed by atoms with van der Waals surface area (Å²) in [5.74, 6) is 0.141. The number of amides is 2. The highest BCUT2D eigenvalue weighted by atomic mass is 16.5. The maximum Gasteiger partial charge on any atom is 0.253 e. The molecule has 2 N–H and O–H groups in total. The molecule has 0 aromatic heterocycles. The lowest BCUT2D eigenvalue weighted by atomic mass is 10.1. The Morgan fingerprint density at radius 1 is 0.606 bits per heavy atom. The number of ether oxygens (including phenoxy) is 1. The fraction of sp³-hybridized carbons (Fsp3) is 0.0714. The van der Waals surface area contributed by atoms with Crippen molar-refractivity contribution < 1.29 is 14.3 Å². The number of nitrogens with one attached hydrogen (secondary N) is 2. The molecule has 0 atom stereocenters. The zero-order chi connectivity index (χ0) is 22.9. The van der Waals surface area contributed by atoms with Crippen molar-refractivity contribution in [3.05, 3.63) is 138 Å². The SMILES string of the molecule is O=C(NC(NC(=O)c1ccccc1)c1ccc(OCc2ccccc2)cc1)c1ccccc1. The number of hydrogen-bond acceptors (Lipinski definition) is 3. The van der Waals surface area contributed by atoms with Crippen molar-refractivity contribution in [1.29, 1.82) is 0 Å². The third kappa shape index (κ3) is 6.08. The van der Waals surface area contributed by atoms with Crippen LogP contribution in [0, 0.1) is 0 Å². The van der Waals surface area contributed by atoms with E-state index in [2.05, 4.69) is 10.6 Å². The van der Waals surface area contributed by atoms with Gasteiger partial charge in [-0.3, -0.25) is 9.59 Å². The second-order valence-corrected chi connectivity index (χ2v) is 7.46. The Balaban J connectivity index is 1.50. The number of rotatable bonds is 8. The van der Waals surface area contributed by atoms with Crippen molar-refractivity contribution in [2.75, 3.05) is 0 Å². The molecule has 0 aliphatic rings. The first-order valence-corrected chi connectivity index (χ1v) is 10.7. The molecule has 0 aliphatic heterocycles. The van der Waals surface area contributed by atoms with E-state index in [1.54, 1.807) is 48.5 Å². The summed E-state index contributed by atoms with van der Waals surface area (Å²) < 4.78 is 5.85. The minimum Gasteiger partial charge on any atom is -0.489 e. The van der Waals surface area contributed by atoms with E-state index in [1.807, 2.05) is 66.7 Å². The second kappa shape index (κ2) is 10.8. The van der Waals surface area contributed by atoms with E-state index in [1.165, 1.54) is 0 Å². The Morgan fingerprint density at radius 2 is 1.06 bits per heavy atom. The summed E-state index contributed by atoms with van der Waals surface area (Å²) in [6, 6.07) is 35.0. The van der Waals surface area contributed by atoms with E-state index >= 15 is 0 Å². The summed E-state index contributed by atoms with van der Waals surface area (Å²) in [6.45, 7) is 0.457. The molecular formula is C28H24N2O3. The zero-order valence-corrected chi connectivity index (χ0v) is 18.0. The van der Waals surface area contributed by atoms with Gasteiger partial charge in [0.05, 0.1) is 0 Å². The molecule has 4 aromatic carbocycles. The molecular weight excluding hydrogens is 412 g/mol. The van der Waals surface area contributed by atoms with Gasteiger partial charge in [-0.25, -0.2) is 0 Å². The zero-order valence-electron chi connectivity index (χ0n) is 18.0. The largest absolute Gasteiger partial charge is 0.489 e. The summed E-state index contributed by atoms with van der Waals surface area (Å²) in [5.41, 5.74) is 2.83. The van der Waals surface area contributed by atoms with E-state index in [9.17, 15) is 9.59 Å². The van der Waals surface area contributed by atoms with Crippen LogP contribution >= 0.6 is 0 Å². The minimum atomic E-state index is -0.714. The molecule has 5 heteroatoms. The lowest BCUT2D eigenvalue weighted by Crippen LogP contribution is -2.41. The Bertz CT molecular complexity index is 1120.